The minimum Gasteiger partial charge on any atom is -0.507 e. The van der Waals surface area contributed by atoms with E-state index < -0.39 is 5.60 Å². The number of phenolic OH excluding ortho intramolecular Hbond substituents is 1. The number of ether oxygens (including phenoxy) is 1. The van der Waals surface area contributed by atoms with Gasteiger partial charge in [-0.05, 0) is 51.3 Å². The van der Waals surface area contributed by atoms with Crippen LogP contribution in [0.4, 0.5) is 0 Å². The van der Waals surface area contributed by atoms with Gasteiger partial charge in [-0.2, -0.15) is 0 Å². The summed E-state index contributed by atoms with van der Waals surface area (Å²) in [5, 5.41) is 10.5. The van der Waals surface area contributed by atoms with Gasteiger partial charge in [-0.25, -0.2) is 0 Å². The van der Waals surface area contributed by atoms with E-state index in [0.29, 0.717) is 17.7 Å². The van der Waals surface area contributed by atoms with Gasteiger partial charge in [0.2, 0.25) is 0 Å². The van der Waals surface area contributed by atoms with Crippen LogP contribution in [0.1, 0.15) is 64.5 Å². The maximum atomic E-state index is 11.2. The lowest BCUT2D eigenvalue weighted by molar-refractivity contribution is -0.115. The number of ketones is 1. The fourth-order valence-corrected chi connectivity index (χ4v) is 2.92. The van der Waals surface area contributed by atoms with E-state index in [4.69, 9.17) is 4.74 Å². The number of carbonyl (C=O) groups is 1. The summed E-state index contributed by atoms with van der Waals surface area (Å²) in [7, 11) is 0. The minimum atomic E-state index is -0.392. The molecule has 0 aliphatic carbocycles. The molecule has 0 unspecified atom stereocenters. The highest BCUT2D eigenvalue weighted by molar-refractivity contribution is 6.07. The molecule has 1 aromatic rings. The third-order valence-electron chi connectivity index (χ3n) is 3.97. The number of hydrogen-bond acceptors (Lipinski definition) is 4. The van der Waals surface area contributed by atoms with Crippen molar-refractivity contribution in [3.63, 3.8) is 0 Å². The first kappa shape index (κ1) is 17.5. The van der Waals surface area contributed by atoms with E-state index in [9.17, 15) is 9.90 Å². The van der Waals surface area contributed by atoms with Crippen molar-refractivity contribution in [1.29, 1.82) is 0 Å². The smallest absolute Gasteiger partial charge is 0.151 e. The summed E-state index contributed by atoms with van der Waals surface area (Å²) in [6.07, 6.45) is 4.95. The topological polar surface area (TPSA) is 58.9 Å². The molecule has 0 spiro atoms. The molecule has 23 heavy (non-hydrogen) atoms. The number of hydrogen-bond donors (Lipinski definition) is 1. The highest BCUT2D eigenvalue weighted by Crippen LogP contribution is 2.39. The molecule has 0 amide bonds. The van der Waals surface area contributed by atoms with Crippen molar-refractivity contribution in [1.82, 2.24) is 0 Å². The largest absolute Gasteiger partial charge is 0.507 e. The second kappa shape index (κ2) is 7.16. The number of carbonyl (C=O) groups excluding carboxylic acids is 1. The van der Waals surface area contributed by atoms with Crippen LogP contribution in [-0.4, -0.2) is 28.7 Å². The fourth-order valence-electron chi connectivity index (χ4n) is 2.92. The normalized spacial score (nSPS) is 17.7. The Morgan fingerprint density at radius 1 is 1.35 bits per heavy atom. The van der Waals surface area contributed by atoms with Crippen LogP contribution in [0.2, 0.25) is 0 Å². The van der Waals surface area contributed by atoms with E-state index in [1.165, 1.54) is 19.8 Å². The molecule has 1 aliphatic heterocycles. The van der Waals surface area contributed by atoms with Gasteiger partial charge in [-0.15, -0.1) is 0 Å². The average molecular weight is 317 g/mol. The summed E-state index contributed by atoms with van der Waals surface area (Å²) in [6, 6.07) is 3.81. The number of aliphatic imine (C=N–C) groups is 1. The van der Waals surface area contributed by atoms with Crippen molar-refractivity contribution in [3.05, 3.63) is 23.3 Å². The summed E-state index contributed by atoms with van der Waals surface area (Å²) in [6.45, 7) is 7.84. The number of aromatic hydroxyl groups is 1. The molecule has 0 bridgehead atoms. The number of benzene rings is 1. The molecule has 1 N–H and O–H groups in total. The van der Waals surface area contributed by atoms with Gasteiger partial charge < -0.3 is 9.84 Å². The molecule has 0 saturated heterocycles. The van der Waals surface area contributed by atoms with Crippen LogP contribution in [0, 0.1) is 0 Å². The van der Waals surface area contributed by atoms with Crippen molar-refractivity contribution in [3.8, 4) is 11.5 Å². The maximum Gasteiger partial charge on any atom is 0.151 e. The van der Waals surface area contributed by atoms with Crippen molar-refractivity contribution in [2.24, 2.45) is 4.99 Å². The zero-order valence-electron chi connectivity index (χ0n) is 14.6. The standard InChI is InChI=1S/C19H27NO3/c1-5-6-7-8-14-9-16(22)18-15(20-12-13(2)21)11-19(3,4)23-17(18)10-14/h9-10,22H,5-8,11-12H2,1-4H3. The first-order valence-electron chi connectivity index (χ1n) is 8.40. The second-order valence-corrected chi connectivity index (χ2v) is 6.95. The third kappa shape index (κ3) is 4.57. The number of unbranched alkanes of at least 4 members (excludes halogenated alkanes) is 2. The number of nitrogens with zero attached hydrogens (tertiary/aromatic N) is 1. The summed E-state index contributed by atoms with van der Waals surface area (Å²) in [5.74, 6) is 0.890. The molecule has 0 saturated carbocycles. The van der Waals surface area contributed by atoms with E-state index in [2.05, 4.69) is 11.9 Å². The van der Waals surface area contributed by atoms with Gasteiger partial charge in [0, 0.05) is 6.42 Å². The second-order valence-electron chi connectivity index (χ2n) is 6.95. The Bertz CT molecular complexity index is 617. The zero-order valence-corrected chi connectivity index (χ0v) is 14.6. The quantitative estimate of drug-likeness (QED) is 0.805. The summed E-state index contributed by atoms with van der Waals surface area (Å²) in [5.41, 5.74) is 2.09. The van der Waals surface area contributed by atoms with Crippen LogP contribution in [0.5, 0.6) is 11.5 Å². The van der Waals surface area contributed by atoms with E-state index in [1.807, 2.05) is 19.9 Å². The Morgan fingerprint density at radius 2 is 2.09 bits per heavy atom. The fraction of sp³-hybridized carbons (Fsp3) is 0.579. The van der Waals surface area contributed by atoms with Gasteiger partial charge >= 0.3 is 0 Å². The lowest BCUT2D eigenvalue weighted by atomic mass is 9.90. The van der Waals surface area contributed by atoms with E-state index in [0.717, 1.165) is 24.1 Å². The van der Waals surface area contributed by atoms with Crippen LogP contribution in [0.15, 0.2) is 17.1 Å². The molecule has 0 aromatic heterocycles. The van der Waals surface area contributed by atoms with Gasteiger partial charge in [0.15, 0.2) is 5.78 Å². The third-order valence-corrected chi connectivity index (χ3v) is 3.97. The molecule has 4 nitrogen and oxygen atoms in total. The van der Waals surface area contributed by atoms with E-state index in [-0.39, 0.29) is 18.1 Å². The highest BCUT2D eigenvalue weighted by atomic mass is 16.5. The van der Waals surface area contributed by atoms with Crippen molar-refractivity contribution >= 4 is 11.5 Å². The highest BCUT2D eigenvalue weighted by Gasteiger charge is 2.33. The van der Waals surface area contributed by atoms with Gasteiger partial charge in [0.05, 0.1) is 17.8 Å². The molecule has 4 heteroatoms. The Labute approximate surface area is 138 Å². The van der Waals surface area contributed by atoms with Crippen LogP contribution in [0.25, 0.3) is 0 Å². The molecule has 0 atom stereocenters. The maximum absolute atomic E-state index is 11.2. The summed E-state index contributed by atoms with van der Waals surface area (Å²) < 4.78 is 6.06. The van der Waals surface area contributed by atoms with Gasteiger partial charge in [0.25, 0.3) is 0 Å². The van der Waals surface area contributed by atoms with Gasteiger partial charge in [0.1, 0.15) is 17.1 Å². The molecular formula is C19H27NO3. The zero-order chi connectivity index (χ0) is 17.0. The van der Waals surface area contributed by atoms with E-state index in [1.54, 1.807) is 6.07 Å². The van der Waals surface area contributed by atoms with Gasteiger partial charge in [-0.1, -0.05) is 19.8 Å². The first-order valence-corrected chi connectivity index (χ1v) is 8.40. The van der Waals surface area contributed by atoms with E-state index >= 15 is 0 Å². The number of phenols is 1. The molecular weight excluding hydrogens is 290 g/mol. The molecule has 0 radical (unpaired) electrons. The van der Waals surface area contributed by atoms with Crippen LogP contribution >= 0.6 is 0 Å². The molecule has 1 heterocycles. The first-order chi connectivity index (χ1) is 10.8. The lowest BCUT2D eigenvalue weighted by Gasteiger charge is -2.34. The Morgan fingerprint density at radius 3 is 2.74 bits per heavy atom. The molecule has 126 valence electrons. The minimum absolute atomic E-state index is 0.0130. The number of fused-ring (bicyclic) bond motifs is 1. The Balaban J connectivity index is 2.37. The Hall–Kier alpha value is -1.84. The summed E-state index contributed by atoms with van der Waals surface area (Å²) >= 11 is 0. The van der Waals surface area contributed by atoms with Crippen LogP contribution in [0.3, 0.4) is 0 Å². The van der Waals surface area contributed by atoms with Crippen molar-refractivity contribution < 1.29 is 14.6 Å². The monoisotopic (exact) mass is 317 g/mol. The van der Waals surface area contributed by atoms with Crippen molar-refractivity contribution in [2.45, 2.75) is 65.4 Å². The number of aryl methyl sites for hydroxylation is 1. The number of Topliss-reactive ketones (excluding diaryl/α,β-unsaturated/α-hetero) is 1. The molecule has 0 fully saturated rings. The van der Waals surface area contributed by atoms with Crippen molar-refractivity contribution in [2.75, 3.05) is 6.54 Å². The lowest BCUT2D eigenvalue weighted by Crippen LogP contribution is -2.36. The Kier molecular flexibility index (Phi) is 5.45. The molecule has 2 rings (SSSR count). The van der Waals surface area contributed by atoms with Gasteiger partial charge in [-0.3, -0.25) is 9.79 Å². The molecule has 1 aromatic carbocycles. The average Bonchev–Trinajstić information content (AvgIpc) is 2.43. The number of rotatable bonds is 6. The summed E-state index contributed by atoms with van der Waals surface area (Å²) in [4.78, 5) is 15.7. The predicted octanol–water partition coefficient (Wildman–Crippen LogP) is 4.06. The molecule has 1 aliphatic rings. The predicted molar refractivity (Wildman–Crippen MR) is 92.7 cm³/mol. The van der Waals surface area contributed by atoms with Crippen LogP contribution in [-0.2, 0) is 11.2 Å². The SMILES string of the molecule is CCCCCc1cc(O)c2c(c1)OC(C)(C)CC2=NCC(C)=O. The van der Waals surface area contributed by atoms with Crippen LogP contribution < -0.4 is 4.74 Å².